The Morgan fingerprint density at radius 2 is 2.23 bits per heavy atom. The molecule has 2 aromatic rings. The smallest absolute Gasteiger partial charge is 0.230 e. The minimum absolute atomic E-state index is 0.0135. The zero-order valence-corrected chi connectivity index (χ0v) is 13.6. The first-order chi connectivity index (χ1) is 10.7. The third-order valence-electron chi connectivity index (χ3n) is 3.07. The van der Waals surface area contributed by atoms with Crippen molar-refractivity contribution in [2.24, 2.45) is 0 Å². The summed E-state index contributed by atoms with van der Waals surface area (Å²) in [5, 5.41) is 11.6. The van der Waals surface area contributed by atoms with Crippen LogP contribution in [0.25, 0.3) is 5.69 Å². The maximum atomic E-state index is 11.8. The van der Waals surface area contributed by atoms with Gasteiger partial charge in [-0.05, 0) is 25.0 Å². The second kappa shape index (κ2) is 8.55. The molecule has 0 saturated heterocycles. The van der Waals surface area contributed by atoms with E-state index in [4.69, 9.17) is 4.74 Å². The van der Waals surface area contributed by atoms with E-state index in [1.807, 2.05) is 35.8 Å². The number of para-hydroxylation sites is 1. The number of ether oxygens (including phenoxy) is 1. The molecule has 1 N–H and O–H groups in total. The van der Waals surface area contributed by atoms with Gasteiger partial charge < -0.3 is 10.1 Å². The van der Waals surface area contributed by atoms with Crippen LogP contribution in [0.5, 0.6) is 0 Å². The summed E-state index contributed by atoms with van der Waals surface area (Å²) in [5.41, 5.74) is 2.16. The Labute approximate surface area is 134 Å². The normalized spacial score (nSPS) is 10.6. The minimum Gasteiger partial charge on any atom is -0.385 e. The molecule has 0 radical (unpaired) electrons. The summed E-state index contributed by atoms with van der Waals surface area (Å²) in [6, 6.07) is 8.00. The summed E-state index contributed by atoms with van der Waals surface area (Å²) < 4.78 is 6.84. The van der Waals surface area contributed by atoms with E-state index in [1.165, 1.54) is 11.8 Å². The maximum Gasteiger partial charge on any atom is 0.230 e. The molecular formula is C15H20N4O2S. The van der Waals surface area contributed by atoms with Gasteiger partial charge in [-0.1, -0.05) is 30.0 Å². The van der Waals surface area contributed by atoms with E-state index in [0.29, 0.717) is 24.1 Å². The molecule has 1 aromatic carbocycles. The predicted octanol–water partition coefficient (Wildman–Crippen LogP) is 1.82. The van der Waals surface area contributed by atoms with E-state index in [9.17, 15) is 4.79 Å². The lowest BCUT2D eigenvalue weighted by Gasteiger charge is -2.09. The highest BCUT2D eigenvalue weighted by molar-refractivity contribution is 7.99. The zero-order valence-electron chi connectivity index (χ0n) is 12.8. The summed E-state index contributed by atoms with van der Waals surface area (Å²) in [6.07, 6.45) is 2.48. The first kappa shape index (κ1) is 16.5. The van der Waals surface area contributed by atoms with Gasteiger partial charge in [0.05, 0.1) is 11.4 Å². The molecule has 2 rings (SSSR count). The first-order valence-electron chi connectivity index (χ1n) is 7.07. The Hall–Kier alpha value is -1.86. The Bertz CT molecular complexity index is 615. The summed E-state index contributed by atoms with van der Waals surface area (Å²) in [6.45, 7) is 3.30. The number of methoxy groups -OCH3 is 1. The van der Waals surface area contributed by atoms with Crippen molar-refractivity contribution in [3.05, 3.63) is 36.2 Å². The molecule has 0 fully saturated rings. The Morgan fingerprint density at radius 1 is 1.41 bits per heavy atom. The van der Waals surface area contributed by atoms with E-state index >= 15 is 0 Å². The number of amides is 1. The van der Waals surface area contributed by atoms with Crippen LogP contribution in [0.3, 0.4) is 0 Å². The number of aromatic nitrogens is 3. The zero-order chi connectivity index (χ0) is 15.8. The lowest BCUT2D eigenvalue weighted by atomic mass is 10.2. The van der Waals surface area contributed by atoms with Gasteiger partial charge in [0.15, 0.2) is 5.16 Å². The molecule has 118 valence electrons. The molecule has 0 unspecified atom stereocenters. The molecule has 0 atom stereocenters. The predicted molar refractivity (Wildman–Crippen MR) is 86.3 cm³/mol. The van der Waals surface area contributed by atoms with E-state index in [1.54, 1.807) is 13.4 Å². The highest BCUT2D eigenvalue weighted by Crippen LogP contribution is 2.21. The van der Waals surface area contributed by atoms with Crippen LogP contribution in [0.4, 0.5) is 0 Å². The van der Waals surface area contributed by atoms with Crippen molar-refractivity contribution in [1.82, 2.24) is 20.1 Å². The number of benzene rings is 1. The molecule has 1 heterocycles. The third kappa shape index (κ3) is 4.57. The standard InChI is InChI=1S/C15H20N4O2S/c1-12-6-3-4-7-13(12)19-11-17-18-15(19)22-10-14(20)16-8-5-9-21-2/h3-4,6-7,11H,5,8-10H2,1-2H3,(H,16,20). The molecule has 6 nitrogen and oxygen atoms in total. The molecule has 0 bridgehead atoms. The van der Waals surface area contributed by atoms with Gasteiger partial charge in [-0.15, -0.1) is 10.2 Å². The lowest BCUT2D eigenvalue weighted by Crippen LogP contribution is -2.26. The van der Waals surface area contributed by atoms with Crippen LogP contribution in [0.15, 0.2) is 35.7 Å². The third-order valence-corrected chi connectivity index (χ3v) is 4.01. The number of hydrogen-bond acceptors (Lipinski definition) is 5. The monoisotopic (exact) mass is 320 g/mol. The first-order valence-corrected chi connectivity index (χ1v) is 8.05. The van der Waals surface area contributed by atoms with Crippen LogP contribution in [0.1, 0.15) is 12.0 Å². The van der Waals surface area contributed by atoms with Crippen molar-refractivity contribution < 1.29 is 9.53 Å². The van der Waals surface area contributed by atoms with E-state index in [-0.39, 0.29) is 5.91 Å². The van der Waals surface area contributed by atoms with Crippen LogP contribution in [0, 0.1) is 6.92 Å². The molecule has 0 saturated carbocycles. The summed E-state index contributed by atoms with van der Waals surface area (Å²) in [7, 11) is 1.65. The van der Waals surface area contributed by atoms with Crippen molar-refractivity contribution in [3.63, 3.8) is 0 Å². The van der Waals surface area contributed by atoms with Gasteiger partial charge in [-0.3, -0.25) is 9.36 Å². The molecule has 22 heavy (non-hydrogen) atoms. The van der Waals surface area contributed by atoms with Crippen molar-refractivity contribution in [3.8, 4) is 5.69 Å². The topological polar surface area (TPSA) is 69.0 Å². The van der Waals surface area contributed by atoms with Gasteiger partial charge >= 0.3 is 0 Å². The van der Waals surface area contributed by atoms with E-state index < -0.39 is 0 Å². The summed E-state index contributed by atoms with van der Waals surface area (Å²) in [5.74, 6) is 0.304. The molecule has 0 aliphatic carbocycles. The maximum absolute atomic E-state index is 11.8. The number of carbonyl (C=O) groups excluding carboxylic acids is 1. The summed E-state index contributed by atoms with van der Waals surface area (Å²) >= 11 is 1.38. The van der Waals surface area contributed by atoms with Crippen LogP contribution in [-0.4, -0.2) is 46.7 Å². The highest BCUT2D eigenvalue weighted by atomic mass is 32.2. The van der Waals surface area contributed by atoms with Gasteiger partial charge in [0, 0.05) is 20.3 Å². The second-order valence-corrected chi connectivity index (χ2v) is 5.70. The van der Waals surface area contributed by atoms with Crippen molar-refractivity contribution >= 4 is 17.7 Å². The number of hydrogen-bond donors (Lipinski definition) is 1. The van der Waals surface area contributed by atoms with Crippen LogP contribution < -0.4 is 5.32 Å². The second-order valence-electron chi connectivity index (χ2n) is 4.75. The molecule has 7 heteroatoms. The van der Waals surface area contributed by atoms with Crippen molar-refractivity contribution in [2.45, 2.75) is 18.5 Å². The van der Waals surface area contributed by atoms with Crippen LogP contribution in [-0.2, 0) is 9.53 Å². The van der Waals surface area contributed by atoms with E-state index in [0.717, 1.165) is 17.7 Å². The minimum atomic E-state index is -0.0135. The number of carbonyl (C=O) groups is 1. The largest absolute Gasteiger partial charge is 0.385 e. The highest BCUT2D eigenvalue weighted by Gasteiger charge is 2.11. The van der Waals surface area contributed by atoms with Crippen LogP contribution >= 0.6 is 11.8 Å². The Morgan fingerprint density at radius 3 is 3.00 bits per heavy atom. The molecule has 0 aliphatic rings. The fourth-order valence-corrected chi connectivity index (χ4v) is 2.70. The molecule has 1 aromatic heterocycles. The lowest BCUT2D eigenvalue weighted by molar-refractivity contribution is -0.118. The molecule has 1 amide bonds. The average molecular weight is 320 g/mol. The fraction of sp³-hybridized carbons (Fsp3) is 0.400. The van der Waals surface area contributed by atoms with Gasteiger partial charge in [0.25, 0.3) is 0 Å². The molecule has 0 aliphatic heterocycles. The average Bonchev–Trinajstić information content (AvgIpc) is 2.98. The van der Waals surface area contributed by atoms with Crippen LogP contribution in [0.2, 0.25) is 0 Å². The van der Waals surface area contributed by atoms with Gasteiger partial charge in [0.2, 0.25) is 5.91 Å². The number of aryl methyl sites for hydroxylation is 1. The Balaban J connectivity index is 1.91. The van der Waals surface area contributed by atoms with E-state index in [2.05, 4.69) is 15.5 Å². The fourth-order valence-electron chi connectivity index (χ4n) is 1.95. The number of nitrogens with zero attached hydrogens (tertiary/aromatic N) is 3. The van der Waals surface area contributed by atoms with Crippen molar-refractivity contribution in [2.75, 3.05) is 26.0 Å². The van der Waals surface area contributed by atoms with Gasteiger partial charge in [-0.25, -0.2) is 0 Å². The van der Waals surface area contributed by atoms with Gasteiger partial charge in [-0.2, -0.15) is 0 Å². The number of nitrogens with one attached hydrogen (secondary N) is 1. The summed E-state index contributed by atoms with van der Waals surface area (Å²) in [4.78, 5) is 11.8. The SMILES string of the molecule is COCCCNC(=O)CSc1nncn1-c1ccccc1C. The van der Waals surface area contributed by atoms with Gasteiger partial charge in [0.1, 0.15) is 6.33 Å². The Kier molecular flexibility index (Phi) is 6.42. The quantitative estimate of drug-likeness (QED) is 0.593. The molecular weight excluding hydrogens is 300 g/mol. The van der Waals surface area contributed by atoms with Crippen molar-refractivity contribution in [1.29, 1.82) is 0 Å². The number of rotatable bonds is 8. The molecule has 0 spiro atoms. The number of thioether (sulfide) groups is 1.